The molecular formula is C32H28ClNO6. The highest BCUT2D eigenvalue weighted by Crippen LogP contribution is 2.40. The molecule has 0 aliphatic carbocycles. The van der Waals surface area contributed by atoms with Gasteiger partial charge in [-0.3, -0.25) is 4.79 Å². The average Bonchev–Trinajstić information content (AvgIpc) is 2.99. The molecule has 0 aromatic heterocycles. The predicted octanol–water partition coefficient (Wildman–Crippen LogP) is 6.09. The van der Waals surface area contributed by atoms with E-state index in [1.165, 1.54) is 4.90 Å². The summed E-state index contributed by atoms with van der Waals surface area (Å²) in [4.78, 5) is 28.0. The molecule has 1 N–H and O–H groups in total. The van der Waals surface area contributed by atoms with E-state index >= 15 is 0 Å². The van der Waals surface area contributed by atoms with Crippen LogP contribution in [-0.4, -0.2) is 35.0 Å². The van der Waals surface area contributed by atoms with Crippen molar-refractivity contribution in [3.05, 3.63) is 124 Å². The molecule has 1 amide bonds. The molecule has 2 atom stereocenters. The molecule has 1 aliphatic rings. The van der Waals surface area contributed by atoms with Crippen LogP contribution >= 0.6 is 11.6 Å². The topological polar surface area (TPSA) is 85.3 Å². The highest BCUT2D eigenvalue weighted by molar-refractivity contribution is 6.30. The Hall–Kier alpha value is -4.49. The molecule has 5 rings (SSSR count). The summed E-state index contributed by atoms with van der Waals surface area (Å²) in [7, 11) is 1.54. The lowest BCUT2D eigenvalue weighted by atomic mass is 9.91. The van der Waals surface area contributed by atoms with Crippen LogP contribution in [0.2, 0.25) is 5.02 Å². The van der Waals surface area contributed by atoms with E-state index in [0.29, 0.717) is 40.0 Å². The molecule has 0 saturated carbocycles. The van der Waals surface area contributed by atoms with Crippen molar-refractivity contribution in [2.75, 3.05) is 7.11 Å². The van der Waals surface area contributed by atoms with Crippen molar-refractivity contribution in [2.24, 2.45) is 0 Å². The first-order valence-corrected chi connectivity index (χ1v) is 13.2. The summed E-state index contributed by atoms with van der Waals surface area (Å²) in [5, 5.41) is 10.8. The first kappa shape index (κ1) is 27.1. The van der Waals surface area contributed by atoms with Gasteiger partial charge in [-0.2, -0.15) is 0 Å². The number of ether oxygens (including phenoxy) is 3. The van der Waals surface area contributed by atoms with Gasteiger partial charge in [-0.1, -0.05) is 78.3 Å². The molecule has 40 heavy (non-hydrogen) atoms. The maximum Gasteiger partial charge on any atom is 0.326 e. The quantitative estimate of drug-likeness (QED) is 0.268. The van der Waals surface area contributed by atoms with E-state index < -0.39 is 24.0 Å². The fraction of sp³-hybridized carbons (Fsp3) is 0.188. The Morgan fingerprint density at radius 1 is 0.950 bits per heavy atom. The molecule has 0 radical (unpaired) electrons. The van der Waals surface area contributed by atoms with Gasteiger partial charge in [0, 0.05) is 29.1 Å². The number of benzene rings is 4. The molecule has 7 nitrogen and oxygen atoms in total. The molecule has 0 saturated heterocycles. The van der Waals surface area contributed by atoms with Crippen LogP contribution in [0.15, 0.2) is 97.1 Å². The maximum absolute atomic E-state index is 14.1. The van der Waals surface area contributed by atoms with Gasteiger partial charge in [0.1, 0.15) is 18.4 Å². The van der Waals surface area contributed by atoms with Crippen molar-refractivity contribution in [3.8, 4) is 17.2 Å². The van der Waals surface area contributed by atoms with Crippen molar-refractivity contribution in [3.63, 3.8) is 0 Å². The van der Waals surface area contributed by atoms with Crippen LogP contribution in [0.3, 0.4) is 0 Å². The monoisotopic (exact) mass is 557 g/mol. The lowest BCUT2D eigenvalue weighted by Gasteiger charge is -2.37. The molecule has 0 unspecified atom stereocenters. The third-order valence-electron chi connectivity index (χ3n) is 6.84. The molecule has 8 heteroatoms. The third kappa shape index (κ3) is 5.90. The third-order valence-corrected chi connectivity index (χ3v) is 7.10. The summed E-state index contributed by atoms with van der Waals surface area (Å²) in [5.74, 6) is -0.140. The number of nitrogens with zero attached hydrogens (tertiary/aromatic N) is 1. The molecule has 1 heterocycles. The minimum Gasteiger partial charge on any atom is -0.493 e. The summed E-state index contributed by atoms with van der Waals surface area (Å²) in [6.07, 6.45) is -1.00. The normalized spacial score (nSPS) is 15.1. The van der Waals surface area contributed by atoms with E-state index in [1.807, 2.05) is 54.6 Å². The minimum atomic E-state index is -1.13. The van der Waals surface area contributed by atoms with E-state index in [1.54, 1.807) is 49.6 Å². The number of aliphatic carboxylic acids is 1. The Labute approximate surface area is 237 Å². The fourth-order valence-electron chi connectivity index (χ4n) is 4.81. The molecule has 1 aliphatic heterocycles. The Balaban J connectivity index is 1.48. The molecule has 4 aromatic rings. The van der Waals surface area contributed by atoms with Crippen LogP contribution in [-0.2, 0) is 29.2 Å². The number of carbonyl (C=O) groups is 2. The van der Waals surface area contributed by atoms with E-state index in [2.05, 4.69) is 0 Å². The van der Waals surface area contributed by atoms with Gasteiger partial charge in [-0.05, 0) is 41.5 Å². The highest BCUT2D eigenvalue weighted by Gasteiger charge is 2.40. The zero-order valence-corrected chi connectivity index (χ0v) is 22.6. The zero-order valence-electron chi connectivity index (χ0n) is 21.8. The van der Waals surface area contributed by atoms with E-state index in [0.717, 1.165) is 11.1 Å². The Morgan fingerprint density at radius 2 is 1.62 bits per heavy atom. The first-order valence-electron chi connectivity index (χ1n) is 12.8. The van der Waals surface area contributed by atoms with Crippen LogP contribution in [0.4, 0.5) is 0 Å². The maximum atomic E-state index is 14.1. The molecule has 4 aromatic carbocycles. The number of halogens is 1. The van der Waals surface area contributed by atoms with Gasteiger partial charge in [0.25, 0.3) is 5.91 Å². The van der Waals surface area contributed by atoms with E-state index in [9.17, 15) is 14.7 Å². The molecule has 204 valence electrons. The second-order valence-corrected chi connectivity index (χ2v) is 9.83. The highest BCUT2D eigenvalue weighted by atomic mass is 35.5. The van der Waals surface area contributed by atoms with E-state index in [4.69, 9.17) is 25.8 Å². The predicted molar refractivity (Wildman–Crippen MR) is 151 cm³/mol. The van der Waals surface area contributed by atoms with Gasteiger partial charge in [0.15, 0.2) is 11.5 Å². The number of hydrogen-bond donors (Lipinski definition) is 1. The number of methoxy groups -OCH3 is 1. The number of rotatable bonds is 9. The minimum absolute atomic E-state index is 0.0557. The molecular weight excluding hydrogens is 530 g/mol. The summed E-state index contributed by atoms with van der Waals surface area (Å²) in [6, 6.07) is 27.9. The van der Waals surface area contributed by atoms with E-state index in [-0.39, 0.29) is 13.0 Å². The zero-order chi connectivity index (χ0) is 28.1. The van der Waals surface area contributed by atoms with Gasteiger partial charge >= 0.3 is 5.97 Å². The van der Waals surface area contributed by atoms with Crippen molar-refractivity contribution in [2.45, 2.75) is 31.7 Å². The summed E-state index contributed by atoms with van der Waals surface area (Å²) < 4.78 is 17.9. The van der Waals surface area contributed by atoms with Crippen LogP contribution in [0.1, 0.15) is 28.4 Å². The molecule has 0 spiro atoms. The number of carboxylic acid groups (broad SMARTS) is 1. The van der Waals surface area contributed by atoms with Gasteiger partial charge in [-0.15, -0.1) is 0 Å². The Bertz CT molecular complexity index is 1480. The lowest BCUT2D eigenvalue weighted by molar-refractivity contribution is -0.155. The number of fused-ring (bicyclic) bond motifs is 1. The second-order valence-electron chi connectivity index (χ2n) is 9.40. The number of carboxylic acids is 1. The van der Waals surface area contributed by atoms with Crippen molar-refractivity contribution in [1.29, 1.82) is 0 Å². The van der Waals surface area contributed by atoms with Crippen LogP contribution < -0.4 is 14.2 Å². The number of carbonyl (C=O) groups excluding carboxylic acids is 1. The van der Waals surface area contributed by atoms with Gasteiger partial charge in [0.2, 0.25) is 6.10 Å². The van der Waals surface area contributed by atoms with Crippen molar-refractivity contribution < 1.29 is 28.9 Å². The van der Waals surface area contributed by atoms with Crippen molar-refractivity contribution >= 4 is 23.5 Å². The van der Waals surface area contributed by atoms with Crippen molar-refractivity contribution in [1.82, 2.24) is 4.90 Å². The SMILES string of the molecule is COc1ccc2c(c1OCc1ccccc1)C[C@H](C(=O)O)N(C(=O)[C@@H](Oc1ccc(Cl)cc1)c1ccccc1)C2. The van der Waals surface area contributed by atoms with Gasteiger partial charge in [0.05, 0.1) is 7.11 Å². The standard InChI is InChI=1S/C32H28ClNO6/c1-38-28-17-12-23-19-34(27(32(36)37)18-26(23)30(28)39-20-21-8-4-2-5-9-21)31(35)29(22-10-6-3-7-11-22)40-25-15-13-24(33)14-16-25/h2-17,27,29H,18-20H2,1H3,(H,36,37)/t27-,29+/m1/s1. The summed E-state index contributed by atoms with van der Waals surface area (Å²) in [6.45, 7) is 0.364. The lowest BCUT2D eigenvalue weighted by Crippen LogP contribution is -2.51. The smallest absolute Gasteiger partial charge is 0.326 e. The molecule has 0 fully saturated rings. The fourth-order valence-corrected chi connectivity index (χ4v) is 4.93. The van der Waals surface area contributed by atoms with Crippen LogP contribution in [0.5, 0.6) is 17.2 Å². The largest absolute Gasteiger partial charge is 0.493 e. The van der Waals surface area contributed by atoms with Gasteiger partial charge in [-0.25, -0.2) is 4.79 Å². The Morgan fingerprint density at radius 3 is 2.27 bits per heavy atom. The number of hydrogen-bond acceptors (Lipinski definition) is 5. The Kier molecular flexibility index (Phi) is 8.22. The molecule has 0 bridgehead atoms. The number of amides is 1. The van der Waals surface area contributed by atoms with Gasteiger partial charge < -0.3 is 24.2 Å². The second kappa shape index (κ2) is 12.1. The van der Waals surface area contributed by atoms with Crippen LogP contribution in [0.25, 0.3) is 0 Å². The summed E-state index contributed by atoms with van der Waals surface area (Å²) >= 11 is 6.03. The van der Waals surface area contributed by atoms with Crippen LogP contribution in [0, 0.1) is 0 Å². The average molecular weight is 558 g/mol. The first-order chi connectivity index (χ1) is 19.4. The summed E-state index contributed by atoms with van der Waals surface area (Å²) in [5.41, 5.74) is 3.07.